The van der Waals surface area contributed by atoms with Crippen LogP contribution in [0.5, 0.6) is 0 Å². The number of hydrogen-bond acceptors (Lipinski definition) is 3. The zero-order valence-electron chi connectivity index (χ0n) is 13.4. The van der Waals surface area contributed by atoms with Gasteiger partial charge in [-0.1, -0.05) is 24.3 Å². The van der Waals surface area contributed by atoms with Crippen LogP contribution in [0.25, 0.3) is 11.1 Å². The molecule has 0 saturated carbocycles. The van der Waals surface area contributed by atoms with Gasteiger partial charge in [-0.2, -0.15) is 0 Å². The summed E-state index contributed by atoms with van der Waals surface area (Å²) < 4.78 is 13.4. The number of β-amino-alcohol motifs (C(OH)–C–C–N with tert-alkyl or cyclic N) is 1. The van der Waals surface area contributed by atoms with Crippen molar-refractivity contribution in [1.29, 1.82) is 0 Å². The van der Waals surface area contributed by atoms with Gasteiger partial charge < -0.3 is 15.1 Å². The molecule has 1 heterocycles. The quantitative estimate of drug-likeness (QED) is 0.890. The Labute approximate surface area is 140 Å². The smallest absolute Gasteiger partial charge is 0.253 e. The summed E-state index contributed by atoms with van der Waals surface area (Å²) in [6.07, 6.45) is -0.648. The van der Waals surface area contributed by atoms with Crippen LogP contribution in [0.2, 0.25) is 0 Å². The summed E-state index contributed by atoms with van der Waals surface area (Å²) in [5.41, 5.74) is 0.766. The van der Waals surface area contributed by atoms with Crippen LogP contribution in [-0.2, 0) is 0 Å². The maximum absolute atomic E-state index is 13.4. The van der Waals surface area contributed by atoms with E-state index < -0.39 is 11.7 Å². The molecule has 3 rings (SSSR count). The van der Waals surface area contributed by atoms with E-state index in [0.717, 1.165) is 5.56 Å². The van der Waals surface area contributed by atoms with Crippen molar-refractivity contribution < 1.29 is 19.4 Å². The molecule has 0 bridgehead atoms. The van der Waals surface area contributed by atoms with Gasteiger partial charge in [-0.3, -0.25) is 4.79 Å². The van der Waals surface area contributed by atoms with Crippen LogP contribution in [0.1, 0.15) is 23.7 Å². The second-order valence-corrected chi connectivity index (χ2v) is 6.47. The van der Waals surface area contributed by atoms with E-state index in [1.165, 1.54) is 17.0 Å². The van der Waals surface area contributed by atoms with Crippen LogP contribution in [0.3, 0.4) is 0 Å². The van der Waals surface area contributed by atoms with Crippen molar-refractivity contribution in [3.05, 3.63) is 59.9 Å². The standard InChI is InChI=1S/C19H20FNO3/c1-19(24)8-9-21(12-17(19)22)18(23)15-6-2-4-13(10-15)14-5-3-7-16(20)11-14/h2-7,10-11,17,22,24H,8-9,12H2,1H3. The highest BCUT2D eigenvalue weighted by molar-refractivity contribution is 5.95. The zero-order chi connectivity index (χ0) is 17.3. The summed E-state index contributed by atoms with van der Waals surface area (Å²) in [6.45, 7) is 2.05. The number of aliphatic hydroxyl groups is 2. The van der Waals surface area contributed by atoms with E-state index >= 15 is 0 Å². The number of piperidine rings is 1. The minimum Gasteiger partial charge on any atom is -0.388 e. The van der Waals surface area contributed by atoms with E-state index in [1.54, 1.807) is 37.3 Å². The Kier molecular flexibility index (Phi) is 4.39. The number of benzene rings is 2. The Morgan fingerprint density at radius 3 is 2.54 bits per heavy atom. The molecule has 4 nitrogen and oxygen atoms in total. The lowest BCUT2D eigenvalue weighted by Gasteiger charge is -2.39. The number of nitrogens with zero attached hydrogens (tertiary/aromatic N) is 1. The Bertz CT molecular complexity index is 760. The second-order valence-electron chi connectivity index (χ2n) is 6.47. The van der Waals surface area contributed by atoms with Gasteiger partial charge in [0.15, 0.2) is 0 Å². The molecule has 5 heteroatoms. The Morgan fingerprint density at radius 2 is 1.88 bits per heavy atom. The van der Waals surface area contributed by atoms with Crippen LogP contribution in [-0.4, -0.2) is 45.8 Å². The van der Waals surface area contributed by atoms with Crippen molar-refractivity contribution in [2.24, 2.45) is 0 Å². The predicted octanol–water partition coefficient (Wildman–Crippen LogP) is 2.45. The maximum atomic E-state index is 13.4. The van der Waals surface area contributed by atoms with Crippen LogP contribution >= 0.6 is 0 Å². The first-order valence-electron chi connectivity index (χ1n) is 7.92. The SMILES string of the molecule is CC1(O)CCN(C(=O)c2cccc(-c3cccc(F)c3)c2)CC1O. The van der Waals surface area contributed by atoms with E-state index in [0.29, 0.717) is 24.1 Å². The van der Waals surface area contributed by atoms with Crippen molar-refractivity contribution in [2.45, 2.75) is 25.0 Å². The average molecular weight is 329 g/mol. The first kappa shape index (κ1) is 16.6. The molecule has 0 spiro atoms. The Hall–Kier alpha value is -2.24. The van der Waals surface area contributed by atoms with Gasteiger partial charge >= 0.3 is 0 Å². The molecule has 1 saturated heterocycles. The molecule has 24 heavy (non-hydrogen) atoms. The van der Waals surface area contributed by atoms with Gasteiger partial charge in [0.25, 0.3) is 5.91 Å². The van der Waals surface area contributed by atoms with Gasteiger partial charge in [0.05, 0.1) is 11.7 Å². The third kappa shape index (κ3) is 3.32. The molecule has 2 aromatic carbocycles. The van der Waals surface area contributed by atoms with Crippen LogP contribution < -0.4 is 0 Å². The van der Waals surface area contributed by atoms with Crippen LogP contribution in [0.15, 0.2) is 48.5 Å². The maximum Gasteiger partial charge on any atom is 0.253 e. The first-order valence-corrected chi connectivity index (χ1v) is 7.92. The molecule has 1 fully saturated rings. The first-order chi connectivity index (χ1) is 11.4. The van der Waals surface area contributed by atoms with Gasteiger partial charge in [-0.15, -0.1) is 0 Å². The topological polar surface area (TPSA) is 60.8 Å². The molecule has 2 aromatic rings. The normalized spacial score (nSPS) is 24.0. The molecule has 126 valence electrons. The summed E-state index contributed by atoms with van der Waals surface area (Å²) in [6, 6.07) is 13.2. The number of carbonyl (C=O) groups excluding carboxylic acids is 1. The van der Waals surface area contributed by atoms with Gasteiger partial charge in [0, 0.05) is 18.7 Å². The van der Waals surface area contributed by atoms with Crippen molar-refractivity contribution in [3.63, 3.8) is 0 Å². The fraction of sp³-hybridized carbons (Fsp3) is 0.316. The van der Waals surface area contributed by atoms with E-state index in [-0.39, 0.29) is 18.3 Å². The molecule has 0 radical (unpaired) electrons. The minimum absolute atomic E-state index is 0.0933. The second kappa shape index (κ2) is 6.34. The summed E-state index contributed by atoms with van der Waals surface area (Å²) in [5.74, 6) is -0.534. The lowest BCUT2D eigenvalue weighted by atomic mass is 9.90. The van der Waals surface area contributed by atoms with Gasteiger partial charge in [0.1, 0.15) is 5.82 Å². The summed E-state index contributed by atoms with van der Waals surface area (Å²) in [7, 11) is 0. The van der Waals surface area contributed by atoms with Crippen LogP contribution in [0, 0.1) is 5.82 Å². The largest absolute Gasteiger partial charge is 0.388 e. The molecular weight excluding hydrogens is 309 g/mol. The molecule has 2 N–H and O–H groups in total. The highest BCUT2D eigenvalue weighted by Crippen LogP contribution is 2.25. The zero-order valence-corrected chi connectivity index (χ0v) is 13.4. The Balaban J connectivity index is 1.83. The molecule has 1 aliphatic rings. The van der Waals surface area contributed by atoms with E-state index in [9.17, 15) is 19.4 Å². The molecule has 1 aliphatic heterocycles. The number of halogens is 1. The monoisotopic (exact) mass is 329 g/mol. The third-order valence-electron chi connectivity index (χ3n) is 4.55. The number of rotatable bonds is 2. The highest BCUT2D eigenvalue weighted by Gasteiger charge is 2.38. The minimum atomic E-state index is -1.17. The summed E-state index contributed by atoms with van der Waals surface area (Å²) in [4.78, 5) is 14.2. The lowest BCUT2D eigenvalue weighted by molar-refractivity contribution is -0.0999. The van der Waals surface area contributed by atoms with Crippen LogP contribution in [0.4, 0.5) is 4.39 Å². The molecule has 2 unspecified atom stereocenters. The molecule has 0 aromatic heterocycles. The third-order valence-corrected chi connectivity index (χ3v) is 4.55. The van der Waals surface area contributed by atoms with E-state index in [1.807, 2.05) is 6.07 Å². The highest BCUT2D eigenvalue weighted by atomic mass is 19.1. The number of amides is 1. The number of likely N-dealkylation sites (tertiary alicyclic amines) is 1. The van der Waals surface area contributed by atoms with Crippen molar-refractivity contribution in [1.82, 2.24) is 4.90 Å². The lowest BCUT2D eigenvalue weighted by Crippen LogP contribution is -2.55. The van der Waals surface area contributed by atoms with Crippen molar-refractivity contribution >= 4 is 5.91 Å². The fourth-order valence-corrected chi connectivity index (χ4v) is 2.89. The summed E-state index contributed by atoms with van der Waals surface area (Å²) in [5, 5.41) is 20.0. The molecule has 1 amide bonds. The summed E-state index contributed by atoms with van der Waals surface area (Å²) >= 11 is 0. The fourth-order valence-electron chi connectivity index (χ4n) is 2.89. The number of hydrogen-bond donors (Lipinski definition) is 2. The predicted molar refractivity (Wildman–Crippen MR) is 89.0 cm³/mol. The van der Waals surface area contributed by atoms with Gasteiger partial charge in [-0.25, -0.2) is 4.39 Å². The van der Waals surface area contributed by atoms with Crippen molar-refractivity contribution in [2.75, 3.05) is 13.1 Å². The van der Waals surface area contributed by atoms with Gasteiger partial charge in [-0.05, 0) is 48.7 Å². The number of carbonyl (C=O) groups is 1. The van der Waals surface area contributed by atoms with E-state index in [4.69, 9.17) is 0 Å². The average Bonchev–Trinajstić information content (AvgIpc) is 2.57. The van der Waals surface area contributed by atoms with Gasteiger partial charge in [0.2, 0.25) is 0 Å². The Morgan fingerprint density at radius 1 is 1.21 bits per heavy atom. The van der Waals surface area contributed by atoms with Crippen molar-refractivity contribution in [3.8, 4) is 11.1 Å². The molecule has 2 atom stereocenters. The number of aliphatic hydroxyl groups excluding tert-OH is 1. The molecular formula is C19H20FNO3. The van der Waals surface area contributed by atoms with E-state index in [2.05, 4.69) is 0 Å². The molecule has 0 aliphatic carbocycles.